The van der Waals surface area contributed by atoms with E-state index in [0.717, 1.165) is 36.9 Å². The molecule has 1 aliphatic carbocycles. The van der Waals surface area contributed by atoms with Gasteiger partial charge in [-0.15, -0.1) is 11.6 Å². The van der Waals surface area contributed by atoms with Crippen LogP contribution in [-0.2, 0) is 23.9 Å². The lowest BCUT2D eigenvalue weighted by Crippen LogP contribution is -2.49. The zero-order chi connectivity index (χ0) is 31.2. The van der Waals surface area contributed by atoms with Crippen LogP contribution in [0.4, 0.5) is 5.69 Å². The highest BCUT2D eigenvalue weighted by molar-refractivity contribution is 6.17. The van der Waals surface area contributed by atoms with Gasteiger partial charge in [0, 0.05) is 50.8 Å². The van der Waals surface area contributed by atoms with E-state index in [2.05, 4.69) is 4.99 Å². The maximum absolute atomic E-state index is 13.7. The van der Waals surface area contributed by atoms with Gasteiger partial charge in [-0.1, -0.05) is 25.0 Å². The van der Waals surface area contributed by atoms with E-state index in [-0.39, 0.29) is 36.2 Å². The van der Waals surface area contributed by atoms with Gasteiger partial charge >= 0.3 is 0 Å². The molecule has 0 aromatic heterocycles. The second-order valence-electron chi connectivity index (χ2n) is 11.4. The van der Waals surface area contributed by atoms with E-state index >= 15 is 0 Å². The van der Waals surface area contributed by atoms with Gasteiger partial charge in [0.15, 0.2) is 0 Å². The van der Waals surface area contributed by atoms with Crippen molar-refractivity contribution in [1.29, 1.82) is 0 Å². The van der Waals surface area contributed by atoms with Gasteiger partial charge in [-0.2, -0.15) is 0 Å². The summed E-state index contributed by atoms with van der Waals surface area (Å²) < 4.78 is 11.5. The van der Waals surface area contributed by atoms with Gasteiger partial charge in [0.25, 0.3) is 5.91 Å². The molecule has 238 valence electrons. The third-order valence-electron chi connectivity index (χ3n) is 8.02. The second-order valence-corrected chi connectivity index (χ2v) is 11.8. The minimum absolute atomic E-state index is 0.0453. The highest BCUT2D eigenvalue weighted by Crippen LogP contribution is 2.28. The van der Waals surface area contributed by atoms with Crippen molar-refractivity contribution >= 4 is 46.9 Å². The lowest BCUT2D eigenvalue weighted by atomic mass is 9.85. The summed E-state index contributed by atoms with van der Waals surface area (Å²) in [5.74, 6) is 0.277. The number of halogens is 1. The number of amides is 3. The molecule has 1 saturated carbocycles. The number of alkyl halides is 1. The maximum Gasteiger partial charge on any atom is 0.278 e. The molecule has 1 aromatic rings. The van der Waals surface area contributed by atoms with Gasteiger partial charge in [0.05, 0.1) is 19.8 Å². The zero-order valence-corrected chi connectivity index (χ0v) is 26.7. The normalized spacial score (nSPS) is 19.5. The molecule has 1 fully saturated rings. The molecule has 1 aromatic carbocycles. The summed E-state index contributed by atoms with van der Waals surface area (Å²) in [5, 5.41) is 0. The number of unbranched alkanes of at least 4 members (excludes halogenated alkanes) is 3. The van der Waals surface area contributed by atoms with Crippen LogP contribution in [0.25, 0.3) is 6.08 Å². The van der Waals surface area contributed by atoms with Gasteiger partial charge in [0.2, 0.25) is 11.8 Å². The van der Waals surface area contributed by atoms with E-state index in [1.807, 2.05) is 43.3 Å². The molecule has 0 spiro atoms. The molecular weight excluding hydrogens is 570 g/mol. The van der Waals surface area contributed by atoms with Crippen molar-refractivity contribution in [2.45, 2.75) is 64.3 Å². The molecule has 1 aliphatic heterocycles. The van der Waals surface area contributed by atoms with E-state index in [4.69, 9.17) is 26.8 Å². The summed E-state index contributed by atoms with van der Waals surface area (Å²) in [5.41, 5.74) is 7.76. The Kier molecular flexibility index (Phi) is 14.5. The summed E-state index contributed by atoms with van der Waals surface area (Å²) in [6.45, 7) is 4.02. The number of nitrogens with zero attached hydrogens (tertiary/aromatic N) is 4. The van der Waals surface area contributed by atoms with E-state index in [1.54, 1.807) is 17.9 Å². The minimum atomic E-state index is -0.295. The number of nitrogens with two attached hydrogens (primary N) is 1. The fourth-order valence-electron chi connectivity index (χ4n) is 5.42. The van der Waals surface area contributed by atoms with E-state index < -0.39 is 0 Å². The first-order valence-corrected chi connectivity index (χ1v) is 15.9. The van der Waals surface area contributed by atoms with Crippen LogP contribution in [-0.4, -0.2) is 98.9 Å². The Hall–Kier alpha value is -2.95. The van der Waals surface area contributed by atoms with Crippen LogP contribution in [0.3, 0.4) is 0 Å². The minimum Gasteiger partial charge on any atom is -0.379 e. The quantitative estimate of drug-likeness (QED) is 0.151. The highest BCUT2D eigenvalue weighted by Gasteiger charge is 2.34. The number of rotatable bonds is 18. The lowest BCUT2D eigenvalue weighted by molar-refractivity contribution is -0.139. The van der Waals surface area contributed by atoms with E-state index in [0.29, 0.717) is 76.1 Å². The van der Waals surface area contributed by atoms with Crippen LogP contribution in [0.5, 0.6) is 0 Å². The molecule has 2 aliphatic rings. The van der Waals surface area contributed by atoms with Crippen LogP contribution in [0.15, 0.2) is 35.0 Å². The molecule has 1 heterocycles. The monoisotopic (exact) mass is 617 g/mol. The summed E-state index contributed by atoms with van der Waals surface area (Å²) >= 11 is 5.71. The Morgan fingerprint density at radius 1 is 1.00 bits per heavy atom. The van der Waals surface area contributed by atoms with Gasteiger partial charge in [-0.25, -0.2) is 4.99 Å². The predicted octanol–water partition coefficient (Wildman–Crippen LogP) is 4.06. The second kappa shape index (κ2) is 18.0. The van der Waals surface area contributed by atoms with Gasteiger partial charge in [0.1, 0.15) is 18.1 Å². The van der Waals surface area contributed by atoms with Crippen LogP contribution in [0.1, 0.15) is 63.9 Å². The summed E-state index contributed by atoms with van der Waals surface area (Å²) in [6, 6.07) is 7.79. The molecule has 11 heteroatoms. The van der Waals surface area contributed by atoms with Crippen LogP contribution >= 0.6 is 11.6 Å². The SMILES string of the molecule is CC1=N/C(=C\c2ccc(N(C)C)cc2)C(=O)N1CC(=O)N(CCOCCOCCCCCCCl)C1CCC(C(N)=O)CC1. The number of anilines is 1. The Balaban J connectivity index is 1.55. The smallest absolute Gasteiger partial charge is 0.278 e. The maximum atomic E-state index is 13.7. The topological polar surface area (TPSA) is 118 Å². The molecule has 3 amide bonds. The van der Waals surface area contributed by atoms with Crippen LogP contribution in [0, 0.1) is 5.92 Å². The summed E-state index contributed by atoms with van der Waals surface area (Å²) in [6.07, 6.45) is 8.66. The molecule has 2 N–H and O–H groups in total. The van der Waals surface area contributed by atoms with Gasteiger partial charge < -0.3 is 25.0 Å². The standard InChI is InChI=1S/C32H48ClN5O5/c1-24-35-29(22-25-8-12-27(13-9-25)36(2)3)32(41)38(24)23-30(39)37(28-14-10-26(11-15-28)31(34)40)17-19-43-21-20-42-18-7-5-4-6-16-33/h8-9,12-13,22,26,28H,4-7,10-11,14-21,23H2,1-3H3,(H2,34,40)/b29-22-. The van der Waals surface area contributed by atoms with E-state index in [9.17, 15) is 14.4 Å². The molecule has 0 bridgehead atoms. The Morgan fingerprint density at radius 2 is 1.65 bits per heavy atom. The third kappa shape index (κ3) is 10.9. The molecule has 10 nitrogen and oxygen atoms in total. The first-order valence-electron chi connectivity index (χ1n) is 15.4. The van der Waals surface area contributed by atoms with Crippen molar-refractivity contribution in [2.75, 3.05) is 64.4 Å². The van der Waals surface area contributed by atoms with Crippen molar-refractivity contribution < 1.29 is 23.9 Å². The predicted molar refractivity (Wildman–Crippen MR) is 171 cm³/mol. The number of ether oxygens (including phenoxy) is 2. The summed E-state index contributed by atoms with van der Waals surface area (Å²) in [4.78, 5) is 48.3. The van der Waals surface area contributed by atoms with Crippen molar-refractivity contribution in [3.8, 4) is 0 Å². The molecule has 0 radical (unpaired) electrons. The number of primary amides is 1. The Bertz CT molecular complexity index is 1120. The number of hydrogen-bond acceptors (Lipinski definition) is 7. The number of benzene rings is 1. The third-order valence-corrected chi connectivity index (χ3v) is 8.29. The number of amidine groups is 1. The zero-order valence-electron chi connectivity index (χ0n) is 25.9. The molecule has 0 atom stereocenters. The lowest BCUT2D eigenvalue weighted by Gasteiger charge is -2.37. The average molecular weight is 618 g/mol. The number of carbonyl (C=O) groups is 3. The Labute approximate surface area is 261 Å². The number of hydrogen-bond donors (Lipinski definition) is 1. The summed E-state index contributed by atoms with van der Waals surface area (Å²) in [7, 11) is 3.94. The number of carbonyl (C=O) groups excluding carboxylic acids is 3. The molecule has 0 saturated heterocycles. The first kappa shape index (κ1) is 34.5. The fourth-order valence-corrected chi connectivity index (χ4v) is 5.61. The van der Waals surface area contributed by atoms with Crippen LogP contribution < -0.4 is 10.6 Å². The van der Waals surface area contributed by atoms with Crippen molar-refractivity contribution in [2.24, 2.45) is 16.6 Å². The van der Waals surface area contributed by atoms with E-state index in [1.165, 1.54) is 4.90 Å². The highest BCUT2D eigenvalue weighted by atomic mass is 35.5. The van der Waals surface area contributed by atoms with Crippen molar-refractivity contribution in [1.82, 2.24) is 9.80 Å². The molecule has 43 heavy (non-hydrogen) atoms. The fraction of sp³-hybridized carbons (Fsp3) is 0.625. The van der Waals surface area contributed by atoms with Gasteiger partial charge in [-0.05, 0) is 69.2 Å². The molecular formula is C32H48ClN5O5. The largest absolute Gasteiger partial charge is 0.379 e. The number of aliphatic imine (C=N–C) groups is 1. The van der Waals surface area contributed by atoms with Crippen molar-refractivity contribution in [3.63, 3.8) is 0 Å². The van der Waals surface area contributed by atoms with Gasteiger partial charge in [-0.3, -0.25) is 19.3 Å². The average Bonchev–Trinajstić information content (AvgIpc) is 3.25. The molecule has 0 unspecified atom stereocenters. The Morgan fingerprint density at radius 3 is 2.28 bits per heavy atom. The first-order chi connectivity index (χ1) is 20.7. The van der Waals surface area contributed by atoms with Crippen LogP contribution in [0.2, 0.25) is 0 Å². The van der Waals surface area contributed by atoms with Crippen molar-refractivity contribution in [3.05, 3.63) is 35.5 Å². The molecule has 3 rings (SSSR count).